The molecule has 0 aliphatic carbocycles. The molecule has 0 aliphatic rings. The second kappa shape index (κ2) is 10.2. The lowest BCUT2D eigenvalue weighted by Gasteiger charge is -2.23. The first-order valence-electron chi connectivity index (χ1n) is 10.6. The maximum absolute atomic E-state index is 12.4. The number of halogens is 1. The van der Waals surface area contributed by atoms with Crippen molar-refractivity contribution in [2.45, 2.75) is 13.5 Å². The number of anilines is 3. The number of nitriles is 1. The lowest BCUT2D eigenvalue weighted by molar-refractivity contribution is -0.384. The van der Waals surface area contributed by atoms with Crippen molar-refractivity contribution >= 4 is 51.2 Å². The van der Waals surface area contributed by atoms with Crippen LogP contribution in [0.1, 0.15) is 18.1 Å². The van der Waals surface area contributed by atoms with Crippen molar-refractivity contribution in [2.75, 3.05) is 17.3 Å². The number of hydrogen-bond acceptors (Lipinski definition) is 8. The minimum absolute atomic E-state index is 0.0565. The lowest BCUT2D eigenvalue weighted by Crippen LogP contribution is -2.28. The van der Waals surface area contributed by atoms with Gasteiger partial charge in [-0.1, -0.05) is 17.7 Å². The highest BCUT2D eigenvalue weighted by Gasteiger charge is 2.24. The van der Waals surface area contributed by atoms with Gasteiger partial charge in [0.15, 0.2) is 11.3 Å². The molecule has 10 nitrogen and oxygen atoms in total. The van der Waals surface area contributed by atoms with Gasteiger partial charge in [0.2, 0.25) is 5.91 Å². The molecule has 0 saturated carbocycles. The molecule has 11 heteroatoms. The van der Waals surface area contributed by atoms with Crippen molar-refractivity contribution in [2.24, 2.45) is 0 Å². The summed E-state index contributed by atoms with van der Waals surface area (Å²) in [6.45, 7) is 1.73. The quantitative estimate of drug-likeness (QED) is 0.263. The molecule has 4 rings (SSSR count). The van der Waals surface area contributed by atoms with Gasteiger partial charge in [-0.25, -0.2) is 4.98 Å². The Balaban J connectivity index is 1.74. The normalized spacial score (nSPS) is 10.5. The molecule has 2 aromatic carbocycles. The number of benzene rings is 2. The Hall–Kier alpha value is -4.75. The predicted molar refractivity (Wildman–Crippen MR) is 136 cm³/mol. The number of nitro groups is 1. The summed E-state index contributed by atoms with van der Waals surface area (Å²) in [5, 5.41) is 25.1. The fraction of sp³-hybridized carbons (Fsp3) is 0.120. The van der Waals surface area contributed by atoms with Gasteiger partial charge >= 0.3 is 5.69 Å². The zero-order valence-electron chi connectivity index (χ0n) is 19.2. The van der Waals surface area contributed by atoms with E-state index in [1.807, 2.05) is 6.07 Å². The van der Waals surface area contributed by atoms with Gasteiger partial charge in [0.1, 0.15) is 6.07 Å². The van der Waals surface area contributed by atoms with Crippen molar-refractivity contribution in [3.05, 3.63) is 87.3 Å². The minimum Gasteiger partial charge on any atom is -0.490 e. The second-order valence-electron chi connectivity index (χ2n) is 7.69. The average Bonchev–Trinajstić information content (AvgIpc) is 2.87. The van der Waals surface area contributed by atoms with Crippen LogP contribution in [0.4, 0.5) is 22.7 Å². The summed E-state index contributed by atoms with van der Waals surface area (Å²) < 4.78 is 5.12. The fourth-order valence-electron chi connectivity index (χ4n) is 3.78. The zero-order valence-corrected chi connectivity index (χ0v) is 20.0. The molecule has 180 valence electrons. The molecule has 36 heavy (non-hydrogen) atoms. The highest BCUT2D eigenvalue weighted by molar-refractivity contribution is 6.34. The number of pyridine rings is 2. The molecule has 0 bridgehead atoms. The van der Waals surface area contributed by atoms with Gasteiger partial charge in [-0.2, -0.15) is 5.26 Å². The summed E-state index contributed by atoms with van der Waals surface area (Å²) in [4.78, 5) is 33.2. The van der Waals surface area contributed by atoms with Gasteiger partial charge in [-0.3, -0.25) is 19.9 Å². The number of ether oxygens (including phenoxy) is 1. The van der Waals surface area contributed by atoms with E-state index >= 15 is 0 Å². The van der Waals surface area contributed by atoms with Crippen LogP contribution in [0, 0.1) is 21.4 Å². The molecule has 0 spiro atoms. The molecule has 0 unspecified atom stereocenters. The number of aromatic nitrogens is 2. The number of rotatable bonds is 7. The standard InChI is InChI=1S/C25H19ClN6O4/c1-15(33)31(14-16-4-3-9-28-12-16)21-7-5-18(10-20(21)26)30-23-17(11-27)13-29-24-19(23)6-8-22(36-2)25(24)32(34)35/h3-10,12-13H,14H2,1-2H3,(H,29,30). The highest BCUT2D eigenvalue weighted by atomic mass is 35.5. The number of nitrogens with one attached hydrogen (secondary N) is 1. The largest absolute Gasteiger partial charge is 0.490 e. The molecular formula is C25H19ClN6O4. The second-order valence-corrected chi connectivity index (χ2v) is 8.09. The Labute approximate surface area is 210 Å². The van der Waals surface area contributed by atoms with E-state index in [0.717, 1.165) is 5.56 Å². The summed E-state index contributed by atoms with van der Waals surface area (Å²) in [5.41, 5.74) is 2.13. The van der Waals surface area contributed by atoms with Gasteiger partial charge in [-0.15, -0.1) is 0 Å². The molecule has 4 aromatic rings. The van der Waals surface area contributed by atoms with E-state index in [1.165, 1.54) is 31.2 Å². The maximum Gasteiger partial charge on any atom is 0.336 e. The third-order valence-electron chi connectivity index (χ3n) is 5.45. The monoisotopic (exact) mass is 502 g/mol. The Morgan fingerprint density at radius 1 is 1.28 bits per heavy atom. The lowest BCUT2D eigenvalue weighted by atomic mass is 10.1. The summed E-state index contributed by atoms with van der Waals surface area (Å²) >= 11 is 6.57. The van der Waals surface area contributed by atoms with Gasteiger partial charge < -0.3 is 15.0 Å². The number of carbonyl (C=O) groups excluding carboxylic acids is 1. The first kappa shape index (κ1) is 24.4. The molecule has 0 atom stereocenters. The minimum atomic E-state index is -0.575. The van der Waals surface area contributed by atoms with E-state index in [9.17, 15) is 20.2 Å². The number of carbonyl (C=O) groups is 1. The highest BCUT2D eigenvalue weighted by Crippen LogP contribution is 2.39. The molecule has 1 amide bonds. The van der Waals surface area contributed by atoms with E-state index in [4.69, 9.17) is 16.3 Å². The molecule has 2 heterocycles. The molecule has 0 fully saturated rings. The van der Waals surface area contributed by atoms with Crippen LogP contribution in [-0.4, -0.2) is 27.9 Å². The van der Waals surface area contributed by atoms with E-state index in [0.29, 0.717) is 27.5 Å². The summed E-state index contributed by atoms with van der Waals surface area (Å²) in [6, 6.07) is 13.7. The maximum atomic E-state index is 12.4. The van der Waals surface area contributed by atoms with Gasteiger partial charge in [-0.05, 0) is 42.0 Å². The van der Waals surface area contributed by atoms with Crippen LogP contribution in [0.5, 0.6) is 5.75 Å². The number of nitrogens with zero attached hydrogens (tertiary/aromatic N) is 5. The Kier molecular flexibility index (Phi) is 6.94. The van der Waals surface area contributed by atoms with Gasteiger partial charge in [0, 0.05) is 36.6 Å². The number of hydrogen-bond donors (Lipinski definition) is 1. The average molecular weight is 503 g/mol. The molecule has 1 N–H and O–H groups in total. The van der Waals surface area contributed by atoms with E-state index in [2.05, 4.69) is 21.4 Å². The van der Waals surface area contributed by atoms with Crippen LogP contribution >= 0.6 is 11.6 Å². The van der Waals surface area contributed by atoms with E-state index < -0.39 is 4.92 Å². The Morgan fingerprint density at radius 3 is 2.69 bits per heavy atom. The smallest absolute Gasteiger partial charge is 0.336 e. The molecule has 0 radical (unpaired) electrons. The SMILES string of the molecule is COc1ccc2c(Nc3ccc(N(Cc4cccnc4)C(C)=O)c(Cl)c3)c(C#N)cnc2c1[N+](=O)[O-]. The van der Waals surface area contributed by atoms with Crippen molar-refractivity contribution in [3.8, 4) is 11.8 Å². The van der Waals surface area contributed by atoms with E-state index in [-0.39, 0.29) is 35.0 Å². The van der Waals surface area contributed by atoms with Gasteiger partial charge in [0.25, 0.3) is 0 Å². The van der Waals surface area contributed by atoms with Crippen molar-refractivity contribution in [1.82, 2.24) is 9.97 Å². The van der Waals surface area contributed by atoms with Crippen LogP contribution in [-0.2, 0) is 11.3 Å². The first-order chi connectivity index (χ1) is 17.3. The fourth-order valence-corrected chi connectivity index (χ4v) is 4.06. The van der Waals surface area contributed by atoms with Crippen LogP contribution < -0.4 is 15.0 Å². The summed E-state index contributed by atoms with van der Waals surface area (Å²) in [6.07, 6.45) is 4.59. The third kappa shape index (κ3) is 4.73. The molecule has 2 aromatic heterocycles. The number of fused-ring (bicyclic) bond motifs is 1. The van der Waals surface area contributed by atoms with Crippen LogP contribution in [0.2, 0.25) is 5.02 Å². The van der Waals surface area contributed by atoms with Crippen molar-refractivity contribution in [3.63, 3.8) is 0 Å². The summed E-state index contributed by atoms with van der Waals surface area (Å²) in [7, 11) is 1.33. The number of methoxy groups -OCH3 is 1. The van der Waals surface area contributed by atoms with Crippen molar-refractivity contribution in [1.29, 1.82) is 5.26 Å². The molecular weight excluding hydrogens is 484 g/mol. The van der Waals surface area contributed by atoms with E-state index in [1.54, 1.807) is 42.7 Å². The third-order valence-corrected chi connectivity index (χ3v) is 5.75. The first-order valence-corrected chi connectivity index (χ1v) is 11.0. The molecule has 0 aliphatic heterocycles. The number of nitro benzene ring substituents is 1. The van der Waals surface area contributed by atoms with Crippen LogP contribution in [0.15, 0.2) is 61.1 Å². The van der Waals surface area contributed by atoms with Crippen LogP contribution in [0.25, 0.3) is 10.9 Å². The molecule has 0 saturated heterocycles. The summed E-state index contributed by atoms with van der Waals surface area (Å²) in [5.74, 6) is -0.143. The predicted octanol–water partition coefficient (Wildman–Crippen LogP) is 5.37. The topological polar surface area (TPSA) is 134 Å². The van der Waals surface area contributed by atoms with Crippen molar-refractivity contribution < 1.29 is 14.5 Å². The Bertz CT molecular complexity index is 1520. The number of amides is 1. The zero-order chi connectivity index (χ0) is 25.8. The van der Waals surface area contributed by atoms with Gasteiger partial charge in [0.05, 0.1) is 40.5 Å². The van der Waals surface area contributed by atoms with Crippen LogP contribution in [0.3, 0.4) is 0 Å². The Morgan fingerprint density at radius 2 is 2.08 bits per heavy atom.